The molecule has 1 aromatic carbocycles. The summed E-state index contributed by atoms with van der Waals surface area (Å²) in [5.74, 6) is 0. The van der Waals surface area contributed by atoms with Gasteiger partial charge in [-0.25, -0.2) is 13.2 Å². The monoisotopic (exact) mass is 272 g/mol. The number of benzene rings is 1. The Balaban J connectivity index is 3.18. The Morgan fingerprint density at radius 3 is 2.44 bits per heavy atom. The summed E-state index contributed by atoms with van der Waals surface area (Å²) >= 11 is 0. The van der Waals surface area contributed by atoms with E-state index in [4.69, 9.17) is 5.11 Å². The Labute approximate surface area is 106 Å². The highest BCUT2D eigenvalue weighted by Crippen LogP contribution is 2.26. The van der Waals surface area contributed by atoms with Crippen molar-refractivity contribution in [1.82, 2.24) is 5.32 Å². The van der Waals surface area contributed by atoms with Crippen LogP contribution in [0.4, 0.5) is 10.5 Å². The minimum atomic E-state index is -3.38. The van der Waals surface area contributed by atoms with Gasteiger partial charge in [0.25, 0.3) is 0 Å². The van der Waals surface area contributed by atoms with E-state index in [0.717, 1.165) is 10.6 Å². The summed E-state index contributed by atoms with van der Waals surface area (Å²) < 4.78 is 24.2. The molecule has 0 aliphatic carbocycles. The lowest BCUT2D eigenvalue weighted by Gasteiger charge is -2.23. The first-order chi connectivity index (χ1) is 8.23. The smallest absolute Gasteiger partial charge is 0.405 e. The molecular weight excluding hydrogens is 256 g/mol. The first-order valence-corrected chi connectivity index (χ1v) is 7.10. The Hall–Kier alpha value is -1.76. The SMILES string of the molecule is CC(NC(=O)O)c1ccccc1N(C)S(C)(=O)=O. The zero-order valence-corrected chi connectivity index (χ0v) is 11.2. The second-order valence-corrected chi connectivity index (χ2v) is 5.97. The molecule has 0 saturated carbocycles. The molecule has 0 radical (unpaired) electrons. The lowest BCUT2D eigenvalue weighted by molar-refractivity contribution is 0.191. The Kier molecular flexibility index (Phi) is 4.18. The molecule has 18 heavy (non-hydrogen) atoms. The molecule has 1 atom stereocenters. The third kappa shape index (κ3) is 3.36. The summed E-state index contributed by atoms with van der Waals surface area (Å²) in [5, 5.41) is 11.0. The fraction of sp³-hybridized carbons (Fsp3) is 0.364. The molecule has 1 aromatic rings. The molecule has 0 heterocycles. The van der Waals surface area contributed by atoms with E-state index in [9.17, 15) is 13.2 Å². The van der Waals surface area contributed by atoms with Crippen LogP contribution in [0.15, 0.2) is 24.3 Å². The van der Waals surface area contributed by atoms with Gasteiger partial charge in [-0.2, -0.15) is 0 Å². The van der Waals surface area contributed by atoms with Gasteiger partial charge in [0.2, 0.25) is 10.0 Å². The minimum Gasteiger partial charge on any atom is -0.465 e. The molecule has 2 N–H and O–H groups in total. The van der Waals surface area contributed by atoms with Crippen LogP contribution in [0.5, 0.6) is 0 Å². The Morgan fingerprint density at radius 1 is 1.39 bits per heavy atom. The number of carboxylic acid groups (broad SMARTS) is 1. The van der Waals surface area contributed by atoms with Crippen LogP contribution in [0.25, 0.3) is 0 Å². The standard InChI is InChI=1S/C11H16N2O4S/c1-8(12-11(14)15)9-6-4-5-7-10(9)13(2)18(3,16)17/h4-8,12H,1-3H3,(H,14,15). The fourth-order valence-corrected chi connectivity index (χ4v) is 2.11. The highest BCUT2D eigenvalue weighted by molar-refractivity contribution is 7.92. The number of hydrogen-bond donors (Lipinski definition) is 2. The van der Waals surface area contributed by atoms with E-state index in [-0.39, 0.29) is 0 Å². The van der Waals surface area contributed by atoms with Crippen molar-refractivity contribution in [3.63, 3.8) is 0 Å². The Morgan fingerprint density at radius 2 is 1.94 bits per heavy atom. The van der Waals surface area contributed by atoms with E-state index in [1.165, 1.54) is 7.05 Å². The topological polar surface area (TPSA) is 86.7 Å². The van der Waals surface area contributed by atoms with Crippen molar-refractivity contribution in [2.75, 3.05) is 17.6 Å². The van der Waals surface area contributed by atoms with Gasteiger partial charge in [0, 0.05) is 7.05 Å². The molecule has 1 rings (SSSR count). The summed E-state index contributed by atoms with van der Waals surface area (Å²) in [6, 6.07) is 6.26. The third-order valence-electron chi connectivity index (χ3n) is 2.58. The molecule has 0 aromatic heterocycles. The summed E-state index contributed by atoms with van der Waals surface area (Å²) in [4.78, 5) is 10.6. The number of anilines is 1. The van der Waals surface area contributed by atoms with E-state index in [0.29, 0.717) is 11.3 Å². The number of nitrogens with one attached hydrogen (secondary N) is 1. The fourth-order valence-electron chi connectivity index (χ4n) is 1.58. The van der Waals surface area contributed by atoms with E-state index in [1.807, 2.05) is 0 Å². The van der Waals surface area contributed by atoms with E-state index in [1.54, 1.807) is 31.2 Å². The van der Waals surface area contributed by atoms with Crippen LogP contribution in [-0.4, -0.2) is 32.9 Å². The van der Waals surface area contributed by atoms with E-state index in [2.05, 4.69) is 5.32 Å². The van der Waals surface area contributed by atoms with Crippen LogP contribution in [0, 0.1) is 0 Å². The molecule has 0 bridgehead atoms. The highest BCUT2D eigenvalue weighted by Gasteiger charge is 2.19. The lowest BCUT2D eigenvalue weighted by atomic mass is 10.1. The first kappa shape index (κ1) is 14.3. The molecular formula is C11H16N2O4S. The van der Waals surface area contributed by atoms with Crippen molar-refractivity contribution >= 4 is 21.8 Å². The predicted molar refractivity (Wildman–Crippen MR) is 69.3 cm³/mol. The number of para-hydroxylation sites is 1. The number of rotatable bonds is 4. The molecule has 0 aliphatic rings. The van der Waals surface area contributed by atoms with Crippen LogP contribution in [0.3, 0.4) is 0 Å². The number of sulfonamides is 1. The molecule has 100 valence electrons. The maximum absolute atomic E-state index is 11.5. The third-order valence-corrected chi connectivity index (χ3v) is 3.77. The summed E-state index contributed by atoms with van der Waals surface area (Å²) in [6.07, 6.45) is -0.0571. The van der Waals surface area contributed by atoms with Crippen molar-refractivity contribution in [3.05, 3.63) is 29.8 Å². The molecule has 1 unspecified atom stereocenters. The predicted octanol–water partition coefficient (Wildman–Crippen LogP) is 1.41. The normalized spacial score (nSPS) is 12.8. The maximum atomic E-state index is 11.5. The van der Waals surface area contributed by atoms with Crippen LogP contribution in [0.2, 0.25) is 0 Å². The Bertz CT molecular complexity index is 542. The molecule has 0 saturated heterocycles. The lowest BCUT2D eigenvalue weighted by Crippen LogP contribution is -2.29. The number of hydrogen-bond acceptors (Lipinski definition) is 3. The quantitative estimate of drug-likeness (QED) is 0.867. The van der Waals surface area contributed by atoms with Gasteiger partial charge in [0.1, 0.15) is 0 Å². The zero-order valence-electron chi connectivity index (χ0n) is 10.4. The first-order valence-electron chi connectivity index (χ1n) is 5.25. The summed E-state index contributed by atoms with van der Waals surface area (Å²) in [7, 11) is -1.95. The summed E-state index contributed by atoms with van der Waals surface area (Å²) in [5.41, 5.74) is 1.06. The van der Waals surface area contributed by atoms with Crippen LogP contribution in [0.1, 0.15) is 18.5 Å². The molecule has 1 amide bonds. The van der Waals surface area contributed by atoms with Gasteiger partial charge in [-0.1, -0.05) is 18.2 Å². The zero-order chi connectivity index (χ0) is 13.9. The summed E-state index contributed by atoms with van der Waals surface area (Å²) in [6.45, 7) is 1.66. The second kappa shape index (κ2) is 5.26. The van der Waals surface area contributed by atoms with Crippen molar-refractivity contribution in [2.45, 2.75) is 13.0 Å². The van der Waals surface area contributed by atoms with Crippen LogP contribution >= 0.6 is 0 Å². The number of amides is 1. The second-order valence-electron chi connectivity index (χ2n) is 3.96. The van der Waals surface area contributed by atoms with Crippen molar-refractivity contribution in [2.24, 2.45) is 0 Å². The van der Waals surface area contributed by atoms with Gasteiger partial charge < -0.3 is 10.4 Å². The number of nitrogens with zero attached hydrogens (tertiary/aromatic N) is 1. The van der Waals surface area contributed by atoms with E-state index >= 15 is 0 Å². The van der Waals surface area contributed by atoms with Gasteiger partial charge in [-0.3, -0.25) is 4.31 Å². The van der Waals surface area contributed by atoms with Gasteiger partial charge in [-0.05, 0) is 18.6 Å². The van der Waals surface area contributed by atoms with E-state index < -0.39 is 22.2 Å². The average Bonchev–Trinajstić information content (AvgIpc) is 2.26. The largest absolute Gasteiger partial charge is 0.465 e. The molecule has 7 heteroatoms. The van der Waals surface area contributed by atoms with Crippen molar-refractivity contribution in [1.29, 1.82) is 0 Å². The number of carbonyl (C=O) groups is 1. The van der Waals surface area contributed by atoms with Gasteiger partial charge >= 0.3 is 6.09 Å². The van der Waals surface area contributed by atoms with Crippen LogP contribution in [-0.2, 0) is 10.0 Å². The van der Waals surface area contributed by atoms with Gasteiger partial charge in [-0.15, -0.1) is 0 Å². The molecule has 6 nitrogen and oxygen atoms in total. The average molecular weight is 272 g/mol. The molecule has 0 spiro atoms. The van der Waals surface area contributed by atoms with Crippen LogP contribution < -0.4 is 9.62 Å². The van der Waals surface area contributed by atoms with Crippen molar-refractivity contribution < 1.29 is 18.3 Å². The maximum Gasteiger partial charge on any atom is 0.405 e. The van der Waals surface area contributed by atoms with Gasteiger partial charge in [0.15, 0.2) is 0 Å². The molecule has 0 aliphatic heterocycles. The minimum absolute atomic E-state index is 0.459. The molecule has 0 fully saturated rings. The van der Waals surface area contributed by atoms with Gasteiger partial charge in [0.05, 0.1) is 18.0 Å². The highest BCUT2D eigenvalue weighted by atomic mass is 32.2. The van der Waals surface area contributed by atoms with Crippen molar-refractivity contribution in [3.8, 4) is 0 Å².